The van der Waals surface area contributed by atoms with Crippen molar-refractivity contribution in [2.24, 2.45) is 0 Å². The predicted octanol–water partition coefficient (Wildman–Crippen LogP) is 5.07. The first-order chi connectivity index (χ1) is 11.3. The molecule has 1 unspecified atom stereocenters. The molecule has 120 valence electrons. The van der Waals surface area contributed by atoms with Crippen LogP contribution in [0.5, 0.6) is 0 Å². The van der Waals surface area contributed by atoms with Gasteiger partial charge in [0.25, 0.3) is 0 Å². The largest absolute Gasteiger partial charge is 0.310 e. The van der Waals surface area contributed by atoms with Gasteiger partial charge in [0, 0.05) is 17.0 Å². The van der Waals surface area contributed by atoms with E-state index in [2.05, 4.69) is 71.8 Å². The zero-order valence-electron chi connectivity index (χ0n) is 14.0. The first kappa shape index (κ1) is 15.8. The van der Waals surface area contributed by atoms with Crippen LogP contribution in [0.25, 0.3) is 22.2 Å². The third-order valence-corrected chi connectivity index (χ3v) is 4.37. The van der Waals surface area contributed by atoms with Crippen molar-refractivity contribution in [3.8, 4) is 11.3 Å². The zero-order valence-corrected chi connectivity index (χ0v) is 14.0. The van der Waals surface area contributed by atoms with Crippen molar-refractivity contribution in [3.63, 3.8) is 0 Å². The summed E-state index contributed by atoms with van der Waals surface area (Å²) in [6, 6.07) is 17.2. The summed E-state index contributed by atoms with van der Waals surface area (Å²) in [5.74, 6) is 0. The van der Waals surface area contributed by atoms with Crippen LogP contribution in [0.15, 0.2) is 48.5 Å². The maximum absolute atomic E-state index is 4.59. The van der Waals surface area contributed by atoms with Gasteiger partial charge in [-0.2, -0.15) is 5.10 Å². The van der Waals surface area contributed by atoms with Gasteiger partial charge in [-0.1, -0.05) is 62.7 Å². The molecule has 2 aromatic carbocycles. The van der Waals surface area contributed by atoms with Gasteiger partial charge in [-0.3, -0.25) is 5.10 Å². The molecule has 1 aromatic heterocycles. The molecule has 2 N–H and O–H groups in total. The summed E-state index contributed by atoms with van der Waals surface area (Å²) < 4.78 is 0. The average Bonchev–Trinajstić information content (AvgIpc) is 3.04. The fourth-order valence-corrected chi connectivity index (χ4v) is 3.12. The fourth-order valence-electron chi connectivity index (χ4n) is 3.12. The molecule has 0 fully saturated rings. The van der Waals surface area contributed by atoms with Crippen molar-refractivity contribution in [3.05, 3.63) is 54.1 Å². The lowest BCUT2D eigenvalue weighted by atomic mass is 9.96. The number of aromatic amines is 1. The molecule has 0 bridgehead atoms. The molecule has 3 rings (SSSR count). The number of aromatic nitrogens is 2. The second kappa shape index (κ2) is 7.42. The number of fused-ring (bicyclic) bond motifs is 1. The van der Waals surface area contributed by atoms with Crippen LogP contribution < -0.4 is 5.32 Å². The van der Waals surface area contributed by atoms with Crippen LogP contribution in [0, 0.1) is 0 Å². The van der Waals surface area contributed by atoms with Crippen molar-refractivity contribution < 1.29 is 0 Å². The fraction of sp³-hybridized carbons (Fsp3) is 0.350. The van der Waals surface area contributed by atoms with Crippen molar-refractivity contribution in [1.82, 2.24) is 15.5 Å². The third-order valence-electron chi connectivity index (χ3n) is 4.37. The first-order valence-electron chi connectivity index (χ1n) is 8.61. The quantitative estimate of drug-likeness (QED) is 0.598. The molecule has 0 aliphatic rings. The van der Waals surface area contributed by atoms with E-state index in [9.17, 15) is 0 Å². The van der Waals surface area contributed by atoms with Gasteiger partial charge in [0.05, 0.1) is 5.52 Å². The topological polar surface area (TPSA) is 40.7 Å². The SMILES string of the molecule is CCCCNC(CC)c1cccc2[nH]nc(-c3ccccc3)c12. The van der Waals surface area contributed by atoms with Gasteiger partial charge in [-0.15, -0.1) is 0 Å². The standard InChI is InChI=1S/C20H25N3/c1-3-5-14-21-17(4-2)16-12-9-13-18-19(16)20(23-22-18)15-10-7-6-8-11-15/h6-13,17,21H,3-5,14H2,1-2H3,(H,22,23). The van der Waals surface area contributed by atoms with Crippen LogP contribution in [0.3, 0.4) is 0 Å². The highest BCUT2D eigenvalue weighted by atomic mass is 15.1. The molecule has 0 saturated carbocycles. The minimum Gasteiger partial charge on any atom is -0.310 e. The third kappa shape index (κ3) is 3.30. The van der Waals surface area contributed by atoms with Crippen LogP contribution in [-0.4, -0.2) is 16.7 Å². The first-order valence-corrected chi connectivity index (χ1v) is 8.61. The summed E-state index contributed by atoms with van der Waals surface area (Å²) >= 11 is 0. The van der Waals surface area contributed by atoms with Gasteiger partial charge in [-0.05, 0) is 31.0 Å². The Balaban J connectivity index is 2.04. The van der Waals surface area contributed by atoms with Crippen LogP contribution in [0.2, 0.25) is 0 Å². The summed E-state index contributed by atoms with van der Waals surface area (Å²) in [6.45, 7) is 5.53. The van der Waals surface area contributed by atoms with Crippen LogP contribution in [0.4, 0.5) is 0 Å². The lowest BCUT2D eigenvalue weighted by Gasteiger charge is -2.19. The molecule has 1 atom stereocenters. The maximum atomic E-state index is 4.59. The highest BCUT2D eigenvalue weighted by molar-refractivity contribution is 5.95. The lowest BCUT2D eigenvalue weighted by molar-refractivity contribution is 0.511. The van der Waals surface area contributed by atoms with Gasteiger partial charge in [0.15, 0.2) is 0 Å². The minimum atomic E-state index is 0.366. The molecule has 3 nitrogen and oxygen atoms in total. The molecular formula is C20H25N3. The van der Waals surface area contributed by atoms with Gasteiger partial charge in [-0.25, -0.2) is 0 Å². The van der Waals surface area contributed by atoms with E-state index in [0.29, 0.717) is 6.04 Å². The monoisotopic (exact) mass is 307 g/mol. The van der Waals surface area contributed by atoms with Gasteiger partial charge in [0.2, 0.25) is 0 Å². The minimum absolute atomic E-state index is 0.366. The Morgan fingerprint density at radius 1 is 1.04 bits per heavy atom. The van der Waals surface area contributed by atoms with Crippen LogP contribution in [-0.2, 0) is 0 Å². The number of unbranched alkanes of at least 4 members (excludes halogenated alkanes) is 1. The number of rotatable bonds is 7. The lowest BCUT2D eigenvalue weighted by Crippen LogP contribution is -2.22. The molecule has 0 aliphatic heterocycles. The summed E-state index contributed by atoms with van der Waals surface area (Å²) in [5.41, 5.74) is 4.66. The van der Waals surface area contributed by atoms with E-state index in [4.69, 9.17) is 0 Å². The molecule has 3 heteroatoms. The highest BCUT2D eigenvalue weighted by Gasteiger charge is 2.17. The van der Waals surface area contributed by atoms with Gasteiger partial charge >= 0.3 is 0 Å². The van der Waals surface area contributed by atoms with E-state index < -0.39 is 0 Å². The Labute approximate surface area is 138 Å². The van der Waals surface area contributed by atoms with Crippen molar-refractivity contribution in [2.45, 2.75) is 39.2 Å². The van der Waals surface area contributed by atoms with E-state index >= 15 is 0 Å². The Morgan fingerprint density at radius 2 is 1.87 bits per heavy atom. The zero-order chi connectivity index (χ0) is 16.1. The number of hydrogen-bond donors (Lipinski definition) is 2. The molecule has 23 heavy (non-hydrogen) atoms. The van der Waals surface area contributed by atoms with Gasteiger partial charge < -0.3 is 5.32 Å². The average molecular weight is 307 g/mol. The Hall–Kier alpha value is -2.13. The molecule has 0 saturated heterocycles. The predicted molar refractivity (Wildman–Crippen MR) is 97.5 cm³/mol. The normalized spacial score (nSPS) is 12.6. The second-order valence-electron chi connectivity index (χ2n) is 5.98. The molecular weight excluding hydrogens is 282 g/mol. The van der Waals surface area contributed by atoms with E-state index in [0.717, 1.165) is 29.7 Å². The molecule has 3 aromatic rings. The Bertz CT molecular complexity index is 746. The Kier molecular flexibility index (Phi) is 5.09. The van der Waals surface area contributed by atoms with Crippen LogP contribution >= 0.6 is 0 Å². The summed E-state index contributed by atoms with van der Waals surface area (Å²) in [5, 5.41) is 12.7. The molecule has 0 radical (unpaired) electrons. The molecule has 0 spiro atoms. The summed E-state index contributed by atoms with van der Waals surface area (Å²) in [4.78, 5) is 0. The Morgan fingerprint density at radius 3 is 2.61 bits per heavy atom. The van der Waals surface area contributed by atoms with Gasteiger partial charge in [0.1, 0.15) is 5.69 Å². The summed E-state index contributed by atoms with van der Waals surface area (Å²) in [6.07, 6.45) is 3.50. The highest BCUT2D eigenvalue weighted by Crippen LogP contribution is 2.33. The van der Waals surface area contributed by atoms with Crippen molar-refractivity contribution in [1.29, 1.82) is 0 Å². The smallest absolute Gasteiger partial charge is 0.100 e. The number of hydrogen-bond acceptors (Lipinski definition) is 2. The molecule has 0 aliphatic carbocycles. The number of benzene rings is 2. The van der Waals surface area contributed by atoms with Crippen molar-refractivity contribution >= 4 is 10.9 Å². The molecule has 0 amide bonds. The van der Waals surface area contributed by atoms with E-state index in [-0.39, 0.29) is 0 Å². The number of nitrogens with zero attached hydrogens (tertiary/aromatic N) is 1. The number of H-pyrrole nitrogens is 1. The van der Waals surface area contributed by atoms with E-state index in [1.165, 1.54) is 23.8 Å². The molecule has 1 heterocycles. The van der Waals surface area contributed by atoms with Crippen molar-refractivity contribution in [2.75, 3.05) is 6.54 Å². The van der Waals surface area contributed by atoms with E-state index in [1.54, 1.807) is 0 Å². The van der Waals surface area contributed by atoms with E-state index in [1.807, 2.05) is 6.07 Å². The summed E-state index contributed by atoms with van der Waals surface area (Å²) in [7, 11) is 0. The number of nitrogens with one attached hydrogen (secondary N) is 2. The maximum Gasteiger partial charge on any atom is 0.100 e. The second-order valence-corrected chi connectivity index (χ2v) is 5.98. The van der Waals surface area contributed by atoms with Crippen LogP contribution in [0.1, 0.15) is 44.7 Å².